The molecule has 7 heteroatoms. The fourth-order valence-corrected chi connectivity index (χ4v) is 3.19. The number of carboxylic acid groups (broad SMARTS) is 1. The Kier molecular flexibility index (Phi) is 5.91. The van der Waals surface area contributed by atoms with Gasteiger partial charge < -0.3 is 19.6 Å². The van der Waals surface area contributed by atoms with Gasteiger partial charge in [0.15, 0.2) is 12.1 Å². The van der Waals surface area contributed by atoms with Crippen molar-refractivity contribution in [3.05, 3.63) is 75.1 Å². The van der Waals surface area contributed by atoms with Gasteiger partial charge in [0.05, 0.1) is 0 Å². The van der Waals surface area contributed by atoms with E-state index in [1.54, 1.807) is 56.3 Å². The van der Waals surface area contributed by atoms with E-state index in [9.17, 15) is 19.5 Å². The number of nitrogens with one attached hydrogen (secondary N) is 1. The zero-order valence-corrected chi connectivity index (χ0v) is 17.2. The molecule has 3 aromatic rings. The first-order valence-corrected chi connectivity index (χ1v) is 9.49. The van der Waals surface area contributed by atoms with E-state index in [4.69, 9.17) is 9.15 Å². The van der Waals surface area contributed by atoms with Crippen LogP contribution >= 0.6 is 0 Å². The molecule has 0 saturated heterocycles. The molecule has 3 rings (SSSR count). The van der Waals surface area contributed by atoms with Crippen LogP contribution in [-0.4, -0.2) is 23.1 Å². The third kappa shape index (κ3) is 4.05. The van der Waals surface area contributed by atoms with E-state index in [0.29, 0.717) is 28.0 Å². The molecule has 0 fully saturated rings. The van der Waals surface area contributed by atoms with Gasteiger partial charge in [0, 0.05) is 16.5 Å². The van der Waals surface area contributed by atoms with Gasteiger partial charge in [-0.05, 0) is 51.0 Å². The highest BCUT2D eigenvalue weighted by molar-refractivity contribution is 5.88. The number of amides is 1. The summed E-state index contributed by atoms with van der Waals surface area (Å²) < 4.78 is 11.2. The molecule has 2 N–H and O–H groups in total. The molecule has 2 atom stereocenters. The van der Waals surface area contributed by atoms with E-state index >= 15 is 0 Å². The number of hydrogen-bond acceptors (Lipinski definition) is 5. The molecule has 0 spiro atoms. The van der Waals surface area contributed by atoms with Gasteiger partial charge in [0.25, 0.3) is 5.91 Å². The molecule has 0 saturated carbocycles. The minimum atomic E-state index is -1.19. The lowest BCUT2D eigenvalue weighted by Crippen LogP contribution is -2.41. The Balaban J connectivity index is 1.84. The van der Waals surface area contributed by atoms with Crippen LogP contribution in [0.2, 0.25) is 0 Å². The lowest BCUT2D eigenvalue weighted by molar-refractivity contribution is -0.143. The number of benzene rings is 2. The topological polar surface area (TPSA) is 106 Å². The fraction of sp³-hybridized carbons (Fsp3) is 0.261. The zero-order valence-electron chi connectivity index (χ0n) is 17.2. The summed E-state index contributed by atoms with van der Waals surface area (Å²) in [7, 11) is 0. The van der Waals surface area contributed by atoms with Crippen LogP contribution in [0.1, 0.15) is 35.2 Å². The molecule has 2 unspecified atom stereocenters. The van der Waals surface area contributed by atoms with Crippen LogP contribution in [-0.2, 0) is 9.59 Å². The van der Waals surface area contributed by atoms with Gasteiger partial charge in [-0.25, -0.2) is 9.59 Å². The third-order valence-corrected chi connectivity index (χ3v) is 5.16. The Morgan fingerprint density at radius 2 is 1.67 bits per heavy atom. The molecule has 1 amide bonds. The van der Waals surface area contributed by atoms with E-state index in [2.05, 4.69) is 5.32 Å². The first-order chi connectivity index (χ1) is 14.2. The van der Waals surface area contributed by atoms with E-state index in [0.717, 1.165) is 10.9 Å². The SMILES string of the molecule is Cc1c(C)c2ccc(OC(C)C(=O)NC(C(=O)O)c3ccccc3)c(C)c2oc1=O. The van der Waals surface area contributed by atoms with Gasteiger partial charge in [-0.2, -0.15) is 0 Å². The van der Waals surface area contributed by atoms with Crippen molar-refractivity contribution in [3.63, 3.8) is 0 Å². The van der Waals surface area contributed by atoms with Crippen molar-refractivity contribution in [2.75, 3.05) is 0 Å². The molecule has 30 heavy (non-hydrogen) atoms. The maximum Gasteiger partial charge on any atom is 0.339 e. The number of hydrogen-bond donors (Lipinski definition) is 2. The van der Waals surface area contributed by atoms with Gasteiger partial charge in [-0.3, -0.25) is 4.79 Å². The molecule has 0 radical (unpaired) electrons. The molecule has 2 aromatic carbocycles. The summed E-state index contributed by atoms with van der Waals surface area (Å²) in [6, 6.07) is 10.7. The Morgan fingerprint density at radius 3 is 2.30 bits per heavy atom. The summed E-state index contributed by atoms with van der Waals surface area (Å²) in [4.78, 5) is 36.2. The molecule has 0 aliphatic carbocycles. The Hall–Kier alpha value is -3.61. The average Bonchev–Trinajstić information content (AvgIpc) is 2.73. The largest absolute Gasteiger partial charge is 0.480 e. The van der Waals surface area contributed by atoms with Crippen LogP contribution in [0.5, 0.6) is 5.75 Å². The molecule has 0 bridgehead atoms. The van der Waals surface area contributed by atoms with Gasteiger partial charge in [-0.15, -0.1) is 0 Å². The number of carbonyl (C=O) groups is 2. The first kappa shape index (κ1) is 21.1. The number of rotatable bonds is 6. The highest BCUT2D eigenvalue weighted by atomic mass is 16.5. The van der Waals surface area contributed by atoms with Crippen molar-refractivity contribution in [1.29, 1.82) is 0 Å². The maximum absolute atomic E-state index is 12.6. The van der Waals surface area contributed by atoms with E-state index in [1.807, 2.05) is 6.92 Å². The lowest BCUT2D eigenvalue weighted by atomic mass is 10.0. The van der Waals surface area contributed by atoms with Crippen molar-refractivity contribution in [3.8, 4) is 5.75 Å². The lowest BCUT2D eigenvalue weighted by Gasteiger charge is -2.20. The molecule has 1 aromatic heterocycles. The summed E-state index contributed by atoms with van der Waals surface area (Å²) in [6.07, 6.45) is -0.968. The van der Waals surface area contributed by atoms with Crippen molar-refractivity contribution in [2.24, 2.45) is 0 Å². The van der Waals surface area contributed by atoms with Crippen LogP contribution in [0, 0.1) is 20.8 Å². The minimum Gasteiger partial charge on any atom is -0.480 e. The standard InChI is InChI=1S/C23H23NO6/c1-12-13(2)23(28)30-20-14(3)18(11-10-17(12)20)29-15(4)21(25)24-19(22(26)27)16-8-6-5-7-9-16/h5-11,15,19H,1-4H3,(H,24,25)(H,26,27). The third-order valence-electron chi connectivity index (χ3n) is 5.16. The van der Waals surface area contributed by atoms with Crippen LogP contribution in [0.4, 0.5) is 0 Å². The predicted octanol–water partition coefficient (Wildman–Crippen LogP) is 3.43. The average molecular weight is 409 g/mol. The molecule has 0 aliphatic heterocycles. The normalized spacial score (nSPS) is 12.9. The highest BCUT2D eigenvalue weighted by Gasteiger charge is 2.26. The zero-order chi connectivity index (χ0) is 22.0. The second kappa shape index (κ2) is 8.41. The van der Waals surface area contributed by atoms with Crippen molar-refractivity contribution >= 4 is 22.8 Å². The van der Waals surface area contributed by atoms with Crippen molar-refractivity contribution in [2.45, 2.75) is 39.8 Å². The second-order valence-corrected chi connectivity index (χ2v) is 7.16. The van der Waals surface area contributed by atoms with Crippen molar-refractivity contribution in [1.82, 2.24) is 5.32 Å². The maximum atomic E-state index is 12.6. The summed E-state index contributed by atoms with van der Waals surface area (Å²) >= 11 is 0. The molecular weight excluding hydrogens is 386 g/mol. The van der Waals surface area contributed by atoms with Crippen molar-refractivity contribution < 1.29 is 23.8 Å². The summed E-state index contributed by atoms with van der Waals surface area (Å²) in [6.45, 7) is 6.82. The summed E-state index contributed by atoms with van der Waals surface area (Å²) in [5, 5.41) is 12.8. The quantitative estimate of drug-likeness (QED) is 0.604. The van der Waals surface area contributed by atoms with Gasteiger partial charge in [-0.1, -0.05) is 30.3 Å². The van der Waals surface area contributed by atoms with Gasteiger partial charge in [0.1, 0.15) is 11.3 Å². The summed E-state index contributed by atoms with van der Waals surface area (Å²) in [5.74, 6) is -1.37. The number of carbonyl (C=O) groups excluding carboxylic acids is 1. The number of fused-ring (bicyclic) bond motifs is 1. The number of ether oxygens (including phenoxy) is 1. The summed E-state index contributed by atoms with van der Waals surface area (Å²) in [5.41, 5.74) is 2.40. The minimum absolute atomic E-state index is 0.378. The molecule has 1 heterocycles. The smallest absolute Gasteiger partial charge is 0.339 e. The number of aliphatic carboxylic acids is 1. The number of aryl methyl sites for hydroxylation is 2. The Bertz CT molecular complexity index is 1170. The van der Waals surface area contributed by atoms with E-state index < -0.39 is 29.6 Å². The van der Waals surface area contributed by atoms with Crippen LogP contribution in [0.3, 0.4) is 0 Å². The van der Waals surface area contributed by atoms with Crippen LogP contribution < -0.4 is 15.7 Å². The van der Waals surface area contributed by atoms with Crippen LogP contribution in [0.25, 0.3) is 11.0 Å². The Labute approximate surface area is 173 Å². The molecule has 7 nitrogen and oxygen atoms in total. The van der Waals surface area contributed by atoms with E-state index in [1.165, 1.54) is 6.92 Å². The second-order valence-electron chi connectivity index (χ2n) is 7.16. The number of carboxylic acids is 1. The molecule has 156 valence electrons. The van der Waals surface area contributed by atoms with Gasteiger partial charge in [0.2, 0.25) is 0 Å². The van der Waals surface area contributed by atoms with E-state index in [-0.39, 0.29) is 0 Å². The fourth-order valence-electron chi connectivity index (χ4n) is 3.19. The monoisotopic (exact) mass is 409 g/mol. The predicted molar refractivity (Wildman–Crippen MR) is 112 cm³/mol. The molecule has 0 aliphatic rings. The first-order valence-electron chi connectivity index (χ1n) is 9.49. The molecular formula is C23H23NO6. The Morgan fingerprint density at radius 1 is 1.00 bits per heavy atom. The highest BCUT2D eigenvalue weighted by Crippen LogP contribution is 2.30. The van der Waals surface area contributed by atoms with Crippen LogP contribution in [0.15, 0.2) is 51.7 Å². The van der Waals surface area contributed by atoms with Gasteiger partial charge >= 0.3 is 11.6 Å².